The first-order valence-corrected chi connectivity index (χ1v) is 4.18. The molecule has 0 aliphatic carbocycles. The molecule has 0 amide bonds. The molecule has 3 nitrogen and oxygen atoms in total. The number of allylic oxidation sites excluding steroid dienone is 1. The summed E-state index contributed by atoms with van der Waals surface area (Å²) in [6.45, 7) is 4.48. The van der Waals surface area contributed by atoms with Gasteiger partial charge in [-0.05, 0) is 12.3 Å². The molecule has 0 aromatic rings. The van der Waals surface area contributed by atoms with Gasteiger partial charge in [-0.25, -0.2) is 0 Å². The lowest BCUT2D eigenvalue weighted by Gasteiger charge is -2.13. The Morgan fingerprint density at radius 3 is 2.82 bits per heavy atom. The Morgan fingerprint density at radius 1 is 1.64 bits per heavy atom. The summed E-state index contributed by atoms with van der Waals surface area (Å²) in [5, 5.41) is 1.86. The van der Waals surface area contributed by atoms with Gasteiger partial charge >= 0.3 is 0 Å². The van der Waals surface area contributed by atoms with Crippen molar-refractivity contribution in [2.24, 2.45) is 5.92 Å². The minimum Gasteiger partial charge on any atom is -0.307 e. The number of hydrogen-bond acceptors (Lipinski definition) is 3. The Morgan fingerprint density at radius 2 is 2.36 bits per heavy atom. The highest BCUT2D eigenvalue weighted by molar-refractivity contribution is 5.01. The second-order valence-electron chi connectivity index (χ2n) is 3.19. The van der Waals surface area contributed by atoms with Crippen LogP contribution in [0.5, 0.6) is 0 Å². The van der Waals surface area contributed by atoms with E-state index in [9.17, 15) is 0 Å². The van der Waals surface area contributed by atoms with E-state index in [4.69, 9.17) is 0 Å². The highest BCUT2D eigenvalue weighted by Crippen LogP contribution is 2.13. The van der Waals surface area contributed by atoms with Gasteiger partial charge in [0.25, 0.3) is 0 Å². The Labute approximate surface area is 68.4 Å². The predicted octanol–water partition coefficient (Wildman–Crippen LogP) is 1.22. The van der Waals surface area contributed by atoms with Crippen molar-refractivity contribution in [1.29, 1.82) is 0 Å². The van der Waals surface area contributed by atoms with Gasteiger partial charge in [-0.3, -0.25) is 0 Å². The first-order chi connectivity index (χ1) is 5.22. The predicted molar refractivity (Wildman–Crippen MR) is 46.2 cm³/mol. The smallest absolute Gasteiger partial charge is 0.0455 e. The van der Waals surface area contributed by atoms with E-state index >= 15 is 0 Å². The summed E-state index contributed by atoms with van der Waals surface area (Å²) < 4.78 is 0. The van der Waals surface area contributed by atoms with Crippen molar-refractivity contribution in [1.82, 2.24) is 16.0 Å². The minimum atomic E-state index is 0.766. The summed E-state index contributed by atoms with van der Waals surface area (Å²) in [5.74, 6) is 0.766. The van der Waals surface area contributed by atoms with Crippen LogP contribution in [0.2, 0.25) is 0 Å². The van der Waals surface area contributed by atoms with Crippen LogP contribution in [0.25, 0.3) is 0 Å². The van der Waals surface area contributed by atoms with Gasteiger partial charge in [0.15, 0.2) is 0 Å². The van der Waals surface area contributed by atoms with Crippen molar-refractivity contribution in [3.05, 3.63) is 11.9 Å². The van der Waals surface area contributed by atoms with Crippen LogP contribution in [0.15, 0.2) is 11.9 Å². The molecular formula is C8H17N3. The summed E-state index contributed by atoms with van der Waals surface area (Å²) in [4.78, 5) is 0. The number of nitrogens with one attached hydrogen (secondary N) is 2. The zero-order valence-corrected chi connectivity index (χ0v) is 7.52. The second kappa shape index (κ2) is 3.62. The lowest BCUT2D eigenvalue weighted by molar-refractivity contribution is 0.236. The van der Waals surface area contributed by atoms with E-state index in [1.165, 1.54) is 12.1 Å². The highest BCUT2D eigenvalue weighted by Gasteiger charge is 2.09. The van der Waals surface area contributed by atoms with Crippen molar-refractivity contribution < 1.29 is 0 Å². The summed E-state index contributed by atoms with van der Waals surface area (Å²) in [7, 11) is 1.96. The van der Waals surface area contributed by atoms with E-state index in [1.807, 2.05) is 18.4 Å². The average Bonchev–Trinajstić information content (AvgIpc) is 2.35. The van der Waals surface area contributed by atoms with Crippen molar-refractivity contribution in [3.8, 4) is 0 Å². The van der Waals surface area contributed by atoms with Gasteiger partial charge in [0.05, 0.1) is 0 Å². The molecule has 0 saturated heterocycles. The lowest BCUT2D eigenvalue weighted by atomic mass is 10.0. The topological polar surface area (TPSA) is 27.3 Å². The molecule has 1 unspecified atom stereocenters. The van der Waals surface area contributed by atoms with Crippen LogP contribution in [-0.2, 0) is 0 Å². The molecule has 0 aromatic carbocycles. The van der Waals surface area contributed by atoms with E-state index in [0.717, 1.165) is 12.3 Å². The number of rotatable bonds is 3. The van der Waals surface area contributed by atoms with Crippen molar-refractivity contribution in [2.75, 3.05) is 7.05 Å². The third-order valence-electron chi connectivity index (χ3n) is 2.01. The number of nitrogens with zero attached hydrogens (tertiary/aromatic N) is 1. The van der Waals surface area contributed by atoms with Crippen LogP contribution in [0.3, 0.4) is 0 Å². The van der Waals surface area contributed by atoms with Gasteiger partial charge in [0, 0.05) is 18.9 Å². The first-order valence-electron chi connectivity index (χ1n) is 4.18. The molecule has 0 aromatic heterocycles. The van der Waals surface area contributed by atoms with E-state index in [-0.39, 0.29) is 0 Å². The molecule has 0 radical (unpaired) electrons. The third kappa shape index (κ3) is 2.42. The second-order valence-corrected chi connectivity index (χ2v) is 3.19. The minimum absolute atomic E-state index is 0.766. The van der Waals surface area contributed by atoms with Crippen LogP contribution in [0.4, 0.5) is 0 Å². The van der Waals surface area contributed by atoms with Crippen LogP contribution in [0, 0.1) is 5.92 Å². The molecule has 1 aliphatic rings. The van der Waals surface area contributed by atoms with Gasteiger partial charge in [-0.1, -0.05) is 20.3 Å². The van der Waals surface area contributed by atoms with Crippen LogP contribution < -0.4 is 10.9 Å². The van der Waals surface area contributed by atoms with Crippen LogP contribution >= 0.6 is 0 Å². The van der Waals surface area contributed by atoms with Crippen LogP contribution in [-0.4, -0.2) is 12.2 Å². The third-order valence-corrected chi connectivity index (χ3v) is 2.01. The largest absolute Gasteiger partial charge is 0.307 e. The van der Waals surface area contributed by atoms with Gasteiger partial charge < -0.3 is 10.9 Å². The summed E-state index contributed by atoms with van der Waals surface area (Å²) >= 11 is 0. The Hall–Kier alpha value is -0.700. The monoisotopic (exact) mass is 155 g/mol. The van der Waals surface area contributed by atoms with E-state index in [0.29, 0.717) is 0 Å². The molecular weight excluding hydrogens is 138 g/mol. The van der Waals surface area contributed by atoms with Gasteiger partial charge in [-0.15, -0.1) is 5.12 Å². The van der Waals surface area contributed by atoms with Crippen molar-refractivity contribution in [3.63, 3.8) is 0 Å². The Bertz CT molecular complexity index is 153. The molecule has 0 fully saturated rings. The molecule has 1 atom stereocenters. The summed E-state index contributed by atoms with van der Waals surface area (Å²) in [6, 6.07) is 0. The Kier molecular flexibility index (Phi) is 2.76. The van der Waals surface area contributed by atoms with E-state index in [1.54, 1.807) is 0 Å². The molecule has 1 rings (SSSR count). The van der Waals surface area contributed by atoms with Gasteiger partial charge in [0.2, 0.25) is 0 Å². The quantitative estimate of drug-likeness (QED) is 0.641. The maximum atomic E-state index is 3.20. The standard InChI is InChI=1S/C8H17N3/c1-4-7(2)5-8-6-9-11(3)10-8/h6-7,9-10H,4-5H2,1-3H3. The molecule has 64 valence electrons. The molecule has 0 saturated carbocycles. The Balaban J connectivity index is 2.27. The normalized spacial score (nSPS) is 20.5. The fourth-order valence-electron chi connectivity index (χ4n) is 1.08. The van der Waals surface area contributed by atoms with Crippen molar-refractivity contribution in [2.45, 2.75) is 26.7 Å². The molecule has 2 N–H and O–H groups in total. The fourth-order valence-corrected chi connectivity index (χ4v) is 1.08. The maximum absolute atomic E-state index is 3.20. The summed E-state index contributed by atoms with van der Waals surface area (Å²) in [5.41, 5.74) is 7.54. The zero-order chi connectivity index (χ0) is 8.27. The fraction of sp³-hybridized carbons (Fsp3) is 0.750. The molecule has 1 heterocycles. The molecule has 0 bridgehead atoms. The SMILES string of the molecule is CCC(C)CC1=CNN(C)N1. The van der Waals surface area contributed by atoms with Gasteiger partial charge in [0.1, 0.15) is 0 Å². The van der Waals surface area contributed by atoms with E-state index in [2.05, 4.69) is 24.7 Å². The van der Waals surface area contributed by atoms with E-state index < -0.39 is 0 Å². The molecule has 0 spiro atoms. The molecule has 11 heavy (non-hydrogen) atoms. The zero-order valence-electron chi connectivity index (χ0n) is 7.52. The lowest BCUT2D eigenvalue weighted by Crippen LogP contribution is -2.34. The average molecular weight is 155 g/mol. The summed E-state index contributed by atoms with van der Waals surface area (Å²) in [6.07, 6.45) is 4.39. The van der Waals surface area contributed by atoms with Gasteiger partial charge in [-0.2, -0.15) is 0 Å². The first kappa shape index (κ1) is 8.40. The highest BCUT2D eigenvalue weighted by atomic mass is 15.7. The van der Waals surface area contributed by atoms with Crippen LogP contribution in [0.1, 0.15) is 26.7 Å². The molecule has 1 aliphatic heterocycles. The maximum Gasteiger partial charge on any atom is 0.0455 e. The van der Waals surface area contributed by atoms with Crippen molar-refractivity contribution >= 4 is 0 Å². The number of hydrazine groups is 2. The molecule has 3 heteroatoms. The number of hydrogen-bond donors (Lipinski definition) is 2.